The molecule has 4 heteroatoms. The molecule has 91 valence electrons. The summed E-state index contributed by atoms with van der Waals surface area (Å²) in [6.07, 6.45) is 4.69. The zero-order valence-corrected chi connectivity index (χ0v) is 9.63. The van der Waals surface area contributed by atoms with Gasteiger partial charge in [-0.1, -0.05) is 24.3 Å². The molecule has 0 bridgehead atoms. The smallest absolute Gasteiger partial charge is 0.291 e. The van der Waals surface area contributed by atoms with E-state index in [0.717, 1.165) is 5.56 Å². The van der Waals surface area contributed by atoms with Gasteiger partial charge >= 0.3 is 0 Å². The molecule has 1 N–H and O–H groups in total. The zero-order valence-electron chi connectivity index (χ0n) is 9.63. The van der Waals surface area contributed by atoms with Gasteiger partial charge in [0.15, 0.2) is 5.76 Å². The van der Waals surface area contributed by atoms with Crippen LogP contribution < -0.4 is 5.32 Å². The SMILES string of the molecule is [O]CC=Cc1cccc(NC(=O)c2ccco2)c1. The Morgan fingerprint density at radius 2 is 2.17 bits per heavy atom. The van der Waals surface area contributed by atoms with E-state index in [-0.39, 0.29) is 18.3 Å². The summed E-state index contributed by atoms with van der Waals surface area (Å²) in [5, 5.41) is 13.1. The molecule has 2 aromatic rings. The third-order valence-corrected chi connectivity index (χ3v) is 2.30. The second-order valence-electron chi connectivity index (χ2n) is 3.63. The second-order valence-corrected chi connectivity index (χ2v) is 3.63. The van der Waals surface area contributed by atoms with Crippen molar-refractivity contribution in [2.45, 2.75) is 0 Å². The average Bonchev–Trinajstić information content (AvgIpc) is 2.91. The largest absolute Gasteiger partial charge is 0.459 e. The topological polar surface area (TPSA) is 62.1 Å². The van der Waals surface area contributed by atoms with Crippen LogP contribution in [0.4, 0.5) is 5.69 Å². The van der Waals surface area contributed by atoms with Crippen molar-refractivity contribution >= 4 is 17.7 Å². The molecular formula is C14H12NO3. The van der Waals surface area contributed by atoms with Crippen molar-refractivity contribution in [2.24, 2.45) is 0 Å². The zero-order chi connectivity index (χ0) is 12.8. The van der Waals surface area contributed by atoms with Crippen molar-refractivity contribution in [3.8, 4) is 0 Å². The van der Waals surface area contributed by atoms with Crippen molar-refractivity contribution in [1.29, 1.82) is 0 Å². The van der Waals surface area contributed by atoms with E-state index < -0.39 is 0 Å². The van der Waals surface area contributed by atoms with Crippen LogP contribution in [0.1, 0.15) is 16.1 Å². The van der Waals surface area contributed by atoms with E-state index in [1.165, 1.54) is 12.3 Å². The molecule has 18 heavy (non-hydrogen) atoms. The molecule has 0 unspecified atom stereocenters. The Morgan fingerprint density at radius 3 is 2.89 bits per heavy atom. The molecule has 1 aromatic carbocycles. The van der Waals surface area contributed by atoms with Crippen molar-refractivity contribution in [1.82, 2.24) is 0 Å². The van der Waals surface area contributed by atoms with Crippen LogP contribution in [-0.4, -0.2) is 12.5 Å². The fraction of sp³-hybridized carbons (Fsp3) is 0.0714. The first-order valence-electron chi connectivity index (χ1n) is 5.49. The highest BCUT2D eigenvalue weighted by atomic mass is 16.3. The van der Waals surface area contributed by atoms with Gasteiger partial charge in [0.2, 0.25) is 0 Å². The van der Waals surface area contributed by atoms with E-state index in [1.807, 2.05) is 12.1 Å². The highest BCUT2D eigenvalue weighted by Crippen LogP contribution is 2.13. The fourth-order valence-electron chi connectivity index (χ4n) is 1.50. The molecule has 0 atom stereocenters. The summed E-state index contributed by atoms with van der Waals surface area (Å²) < 4.78 is 5.00. The minimum Gasteiger partial charge on any atom is -0.459 e. The van der Waals surface area contributed by atoms with Gasteiger partial charge < -0.3 is 9.73 Å². The van der Waals surface area contributed by atoms with E-state index in [1.54, 1.807) is 30.3 Å². The first-order chi connectivity index (χ1) is 8.79. The van der Waals surface area contributed by atoms with E-state index in [9.17, 15) is 9.90 Å². The number of rotatable bonds is 4. The summed E-state index contributed by atoms with van der Waals surface area (Å²) in [5.74, 6) is -0.0412. The molecule has 0 aliphatic heterocycles. The lowest BCUT2D eigenvalue weighted by atomic mass is 10.2. The number of hydrogen-bond donors (Lipinski definition) is 1. The van der Waals surface area contributed by atoms with Crippen molar-refractivity contribution < 1.29 is 14.3 Å². The first kappa shape index (κ1) is 12.1. The van der Waals surface area contributed by atoms with Gasteiger partial charge in [0.25, 0.3) is 5.91 Å². The molecule has 1 radical (unpaired) electrons. The molecule has 0 aliphatic carbocycles. The Kier molecular flexibility index (Phi) is 3.94. The van der Waals surface area contributed by atoms with Crippen LogP contribution in [0.3, 0.4) is 0 Å². The van der Waals surface area contributed by atoms with Crippen LogP contribution in [0.15, 0.2) is 53.2 Å². The Hall–Kier alpha value is -2.33. The summed E-state index contributed by atoms with van der Waals surface area (Å²) in [6, 6.07) is 10.5. The van der Waals surface area contributed by atoms with Gasteiger partial charge in [-0.15, -0.1) is 0 Å². The third kappa shape index (κ3) is 3.09. The number of benzene rings is 1. The van der Waals surface area contributed by atoms with Crippen molar-refractivity contribution in [2.75, 3.05) is 11.9 Å². The fourth-order valence-corrected chi connectivity index (χ4v) is 1.50. The minimum absolute atomic E-state index is 0.260. The molecular weight excluding hydrogens is 230 g/mol. The van der Waals surface area contributed by atoms with Crippen LogP contribution in [0, 0.1) is 0 Å². The standard InChI is InChI=1S/C14H12NO3/c16-8-2-5-11-4-1-6-12(10-11)15-14(17)13-7-3-9-18-13/h1-7,9-10H,8H2,(H,15,17). The number of hydrogen-bond acceptors (Lipinski definition) is 2. The second kappa shape index (κ2) is 5.84. The molecule has 0 saturated carbocycles. The van der Waals surface area contributed by atoms with Crippen LogP contribution >= 0.6 is 0 Å². The number of amides is 1. The maximum absolute atomic E-state index is 11.7. The first-order valence-corrected chi connectivity index (χ1v) is 5.49. The highest BCUT2D eigenvalue weighted by molar-refractivity contribution is 6.02. The molecule has 0 aliphatic rings. The molecule has 2 rings (SSSR count). The number of carbonyl (C=O) groups is 1. The number of anilines is 1. The number of furan rings is 1. The van der Waals surface area contributed by atoms with Gasteiger partial charge in [-0.25, -0.2) is 5.11 Å². The quantitative estimate of drug-likeness (QED) is 0.895. The van der Waals surface area contributed by atoms with E-state index >= 15 is 0 Å². The van der Waals surface area contributed by atoms with Crippen molar-refractivity contribution in [3.63, 3.8) is 0 Å². The van der Waals surface area contributed by atoms with Crippen LogP contribution in [0.25, 0.3) is 6.08 Å². The summed E-state index contributed by atoms with van der Waals surface area (Å²) in [5.41, 5.74) is 1.52. The van der Waals surface area contributed by atoms with E-state index in [0.29, 0.717) is 5.69 Å². The van der Waals surface area contributed by atoms with Crippen LogP contribution in [0.5, 0.6) is 0 Å². The molecule has 1 amide bonds. The average molecular weight is 242 g/mol. The Labute approximate surface area is 105 Å². The Bertz CT molecular complexity index is 544. The number of carbonyl (C=O) groups excluding carboxylic acids is 1. The molecule has 0 saturated heterocycles. The lowest BCUT2D eigenvalue weighted by Crippen LogP contribution is -2.10. The molecule has 0 fully saturated rings. The van der Waals surface area contributed by atoms with E-state index in [4.69, 9.17) is 4.42 Å². The molecule has 1 aromatic heterocycles. The van der Waals surface area contributed by atoms with Gasteiger partial charge in [-0.2, -0.15) is 0 Å². The van der Waals surface area contributed by atoms with Gasteiger partial charge in [-0.3, -0.25) is 4.79 Å². The summed E-state index contributed by atoms with van der Waals surface area (Å²) >= 11 is 0. The Morgan fingerprint density at radius 1 is 1.28 bits per heavy atom. The van der Waals surface area contributed by atoms with Gasteiger partial charge in [0.05, 0.1) is 6.26 Å². The number of nitrogens with one attached hydrogen (secondary N) is 1. The molecule has 4 nitrogen and oxygen atoms in total. The highest BCUT2D eigenvalue weighted by Gasteiger charge is 2.08. The van der Waals surface area contributed by atoms with Gasteiger partial charge in [0.1, 0.15) is 6.61 Å². The third-order valence-electron chi connectivity index (χ3n) is 2.30. The predicted molar refractivity (Wildman–Crippen MR) is 67.7 cm³/mol. The maximum Gasteiger partial charge on any atom is 0.291 e. The summed E-state index contributed by atoms with van der Waals surface area (Å²) in [4.78, 5) is 11.7. The van der Waals surface area contributed by atoms with Gasteiger partial charge in [-0.05, 0) is 29.8 Å². The van der Waals surface area contributed by atoms with Crippen molar-refractivity contribution in [3.05, 3.63) is 60.1 Å². The lowest BCUT2D eigenvalue weighted by molar-refractivity contribution is 0.0996. The summed E-state index contributed by atoms with van der Waals surface area (Å²) in [7, 11) is 0. The lowest BCUT2D eigenvalue weighted by Gasteiger charge is -2.03. The van der Waals surface area contributed by atoms with Gasteiger partial charge in [0, 0.05) is 5.69 Å². The van der Waals surface area contributed by atoms with Crippen LogP contribution in [-0.2, 0) is 5.11 Å². The normalized spacial score (nSPS) is 10.7. The molecule has 0 spiro atoms. The molecule has 1 heterocycles. The maximum atomic E-state index is 11.7. The summed E-state index contributed by atoms with van der Waals surface area (Å²) in [6.45, 7) is -0.261. The predicted octanol–water partition coefficient (Wildman–Crippen LogP) is 2.98. The minimum atomic E-state index is -0.301. The van der Waals surface area contributed by atoms with E-state index in [2.05, 4.69) is 5.32 Å². The monoisotopic (exact) mass is 242 g/mol. The van der Waals surface area contributed by atoms with Crippen LogP contribution in [0.2, 0.25) is 0 Å². The Balaban J connectivity index is 2.10.